The summed E-state index contributed by atoms with van der Waals surface area (Å²) in [5.74, 6) is 5.58. The average molecular weight is 253 g/mol. The molecule has 0 radical (unpaired) electrons. The highest BCUT2D eigenvalue weighted by Crippen LogP contribution is 2.21. The van der Waals surface area contributed by atoms with Gasteiger partial charge in [0.25, 0.3) is 0 Å². The lowest BCUT2D eigenvalue weighted by molar-refractivity contribution is 0.484. The van der Waals surface area contributed by atoms with Gasteiger partial charge in [-0.15, -0.1) is 6.58 Å². The maximum atomic E-state index is 5.86. The number of hydrazine groups is 1. The van der Waals surface area contributed by atoms with Crippen LogP contribution in [-0.4, -0.2) is 0 Å². The Morgan fingerprint density at radius 1 is 1.24 bits per heavy atom. The van der Waals surface area contributed by atoms with Gasteiger partial charge < -0.3 is 0 Å². The second-order valence-electron chi connectivity index (χ2n) is 4.20. The fourth-order valence-corrected chi connectivity index (χ4v) is 1.98. The molecule has 0 spiro atoms. The number of hydrogen-bond donors (Lipinski definition) is 2. The quantitative estimate of drug-likeness (QED) is 0.318. The predicted octanol–water partition coefficient (Wildman–Crippen LogP) is 3.98. The molecule has 1 unspecified atom stereocenters. The van der Waals surface area contributed by atoms with Crippen molar-refractivity contribution in [2.24, 2.45) is 5.84 Å². The third-order valence-corrected chi connectivity index (χ3v) is 3.13. The zero-order valence-corrected chi connectivity index (χ0v) is 10.9. The highest BCUT2D eigenvalue weighted by Gasteiger charge is 2.08. The predicted molar refractivity (Wildman–Crippen MR) is 74.8 cm³/mol. The SMILES string of the molecule is C=CCCCCCC(NN)c1ccc(Cl)cc1. The monoisotopic (exact) mass is 252 g/mol. The van der Waals surface area contributed by atoms with E-state index in [1.165, 1.54) is 24.8 Å². The largest absolute Gasteiger partial charge is 0.271 e. The molecule has 0 saturated carbocycles. The summed E-state index contributed by atoms with van der Waals surface area (Å²) in [5, 5.41) is 0.760. The average Bonchev–Trinajstić information content (AvgIpc) is 2.35. The van der Waals surface area contributed by atoms with Gasteiger partial charge in [-0.2, -0.15) is 0 Å². The molecule has 94 valence electrons. The van der Waals surface area contributed by atoms with Crippen LogP contribution >= 0.6 is 11.6 Å². The van der Waals surface area contributed by atoms with Crippen molar-refractivity contribution in [2.75, 3.05) is 0 Å². The van der Waals surface area contributed by atoms with E-state index in [2.05, 4.69) is 12.0 Å². The van der Waals surface area contributed by atoms with E-state index in [1.807, 2.05) is 30.3 Å². The molecular formula is C14H21ClN2. The molecule has 3 heteroatoms. The number of allylic oxidation sites excluding steroid dienone is 1. The third kappa shape index (κ3) is 5.35. The summed E-state index contributed by atoms with van der Waals surface area (Å²) in [7, 11) is 0. The minimum Gasteiger partial charge on any atom is -0.271 e. The molecule has 0 saturated heterocycles. The molecule has 1 aromatic rings. The van der Waals surface area contributed by atoms with E-state index >= 15 is 0 Å². The van der Waals surface area contributed by atoms with Crippen molar-refractivity contribution in [1.82, 2.24) is 5.43 Å². The zero-order valence-electron chi connectivity index (χ0n) is 10.2. The van der Waals surface area contributed by atoms with Gasteiger partial charge in [-0.3, -0.25) is 11.3 Å². The van der Waals surface area contributed by atoms with Gasteiger partial charge in [0.1, 0.15) is 0 Å². The van der Waals surface area contributed by atoms with Crippen LogP contribution in [-0.2, 0) is 0 Å². The van der Waals surface area contributed by atoms with Crippen LogP contribution in [0.2, 0.25) is 5.02 Å². The molecule has 1 aromatic carbocycles. The molecule has 3 N–H and O–H groups in total. The van der Waals surface area contributed by atoms with Crippen molar-refractivity contribution in [3.05, 3.63) is 47.5 Å². The van der Waals surface area contributed by atoms with Crippen LogP contribution in [0, 0.1) is 0 Å². The first-order valence-electron chi connectivity index (χ1n) is 6.10. The van der Waals surface area contributed by atoms with E-state index in [0.29, 0.717) is 0 Å². The summed E-state index contributed by atoms with van der Waals surface area (Å²) in [5.41, 5.74) is 4.06. The Balaban J connectivity index is 2.37. The topological polar surface area (TPSA) is 38.0 Å². The summed E-state index contributed by atoms with van der Waals surface area (Å²) in [6.45, 7) is 3.72. The smallest absolute Gasteiger partial charge is 0.0460 e. The van der Waals surface area contributed by atoms with Gasteiger partial charge in [0, 0.05) is 11.1 Å². The first-order valence-corrected chi connectivity index (χ1v) is 6.48. The Labute approximate surface area is 109 Å². The molecule has 0 aliphatic rings. The van der Waals surface area contributed by atoms with Crippen LogP contribution in [0.15, 0.2) is 36.9 Å². The Morgan fingerprint density at radius 2 is 1.94 bits per heavy atom. The maximum Gasteiger partial charge on any atom is 0.0460 e. The Hall–Kier alpha value is -0.830. The number of unbranched alkanes of at least 4 members (excludes halogenated alkanes) is 3. The molecule has 2 nitrogen and oxygen atoms in total. The van der Waals surface area contributed by atoms with Crippen molar-refractivity contribution in [3.63, 3.8) is 0 Å². The van der Waals surface area contributed by atoms with E-state index in [9.17, 15) is 0 Å². The summed E-state index contributed by atoms with van der Waals surface area (Å²) >= 11 is 5.86. The minimum absolute atomic E-state index is 0.219. The van der Waals surface area contributed by atoms with Gasteiger partial charge >= 0.3 is 0 Å². The van der Waals surface area contributed by atoms with Gasteiger partial charge in [-0.05, 0) is 37.0 Å². The van der Waals surface area contributed by atoms with Crippen LogP contribution in [0.25, 0.3) is 0 Å². The van der Waals surface area contributed by atoms with Gasteiger partial charge in [0.05, 0.1) is 0 Å². The summed E-state index contributed by atoms with van der Waals surface area (Å²) < 4.78 is 0. The lowest BCUT2D eigenvalue weighted by atomic mass is 10.0. The molecule has 0 fully saturated rings. The fraction of sp³-hybridized carbons (Fsp3) is 0.429. The molecule has 1 atom stereocenters. The second kappa shape index (κ2) is 8.29. The molecular weight excluding hydrogens is 232 g/mol. The Morgan fingerprint density at radius 3 is 2.53 bits per heavy atom. The lowest BCUT2D eigenvalue weighted by Gasteiger charge is -2.16. The van der Waals surface area contributed by atoms with Crippen molar-refractivity contribution < 1.29 is 0 Å². The number of halogens is 1. The lowest BCUT2D eigenvalue weighted by Crippen LogP contribution is -2.27. The second-order valence-corrected chi connectivity index (χ2v) is 4.63. The highest BCUT2D eigenvalue weighted by molar-refractivity contribution is 6.30. The van der Waals surface area contributed by atoms with E-state index in [4.69, 9.17) is 17.4 Å². The molecule has 0 bridgehead atoms. The van der Waals surface area contributed by atoms with Crippen molar-refractivity contribution >= 4 is 11.6 Å². The van der Waals surface area contributed by atoms with Crippen LogP contribution in [0.3, 0.4) is 0 Å². The molecule has 0 aromatic heterocycles. The van der Waals surface area contributed by atoms with Gasteiger partial charge in [-0.1, -0.05) is 42.7 Å². The fourth-order valence-electron chi connectivity index (χ4n) is 1.86. The minimum atomic E-state index is 0.219. The molecule has 0 aliphatic heterocycles. The molecule has 0 aliphatic carbocycles. The van der Waals surface area contributed by atoms with Crippen LogP contribution < -0.4 is 11.3 Å². The van der Waals surface area contributed by atoms with Crippen LogP contribution in [0.4, 0.5) is 0 Å². The number of benzene rings is 1. The zero-order chi connectivity index (χ0) is 12.5. The van der Waals surface area contributed by atoms with Gasteiger partial charge in [0.15, 0.2) is 0 Å². The first kappa shape index (κ1) is 14.2. The first-order chi connectivity index (χ1) is 8.27. The van der Waals surface area contributed by atoms with E-state index < -0.39 is 0 Å². The number of rotatable bonds is 8. The molecule has 0 amide bonds. The Kier molecular flexibility index (Phi) is 6.94. The van der Waals surface area contributed by atoms with E-state index in [0.717, 1.165) is 17.9 Å². The Bertz CT molecular complexity index is 321. The summed E-state index contributed by atoms with van der Waals surface area (Å²) in [6, 6.07) is 8.07. The standard InChI is InChI=1S/C14H21ClN2/c1-2-3-4-5-6-7-14(17-16)12-8-10-13(15)11-9-12/h2,8-11,14,17H,1,3-7,16H2. The molecule has 17 heavy (non-hydrogen) atoms. The normalized spacial score (nSPS) is 12.4. The van der Waals surface area contributed by atoms with E-state index in [-0.39, 0.29) is 6.04 Å². The number of nitrogens with one attached hydrogen (secondary N) is 1. The maximum absolute atomic E-state index is 5.86. The van der Waals surface area contributed by atoms with Gasteiger partial charge in [0.2, 0.25) is 0 Å². The number of hydrogen-bond acceptors (Lipinski definition) is 2. The van der Waals surface area contributed by atoms with Crippen LogP contribution in [0.5, 0.6) is 0 Å². The van der Waals surface area contributed by atoms with Crippen molar-refractivity contribution in [1.29, 1.82) is 0 Å². The number of nitrogens with two attached hydrogens (primary N) is 1. The third-order valence-electron chi connectivity index (χ3n) is 2.87. The van der Waals surface area contributed by atoms with E-state index in [1.54, 1.807) is 0 Å². The summed E-state index contributed by atoms with van der Waals surface area (Å²) in [6.07, 6.45) is 7.72. The van der Waals surface area contributed by atoms with Gasteiger partial charge in [-0.25, -0.2) is 0 Å². The van der Waals surface area contributed by atoms with Crippen molar-refractivity contribution in [3.8, 4) is 0 Å². The van der Waals surface area contributed by atoms with Crippen molar-refractivity contribution in [2.45, 2.75) is 38.1 Å². The molecule has 1 rings (SSSR count). The van der Waals surface area contributed by atoms with Crippen LogP contribution in [0.1, 0.15) is 43.7 Å². The molecule has 0 heterocycles. The summed E-state index contributed by atoms with van der Waals surface area (Å²) in [4.78, 5) is 0. The highest BCUT2D eigenvalue weighted by atomic mass is 35.5.